The second-order valence-corrected chi connectivity index (χ2v) is 8.79. The third-order valence-corrected chi connectivity index (χ3v) is 6.52. The first-order chi connectivity index (χ1) is 16.9. The minimum Gasteiger partial charge on any atom is -0.322 e. The highest BCUT2D eigenvalue weighted by Crippen LogP contribution is 2.35. The molecule has 0 bridgehead atoms. The van der Waals surface area contributed by atoms with E-state index in [1.54, 1.807) is 29.2 Å². The van der Waals surface area contributed by atoms with E-state index in [0.717, 1.165) is 33.6 Å². The fourth-order valence-electron chi connectivity index (χ4n) is 4.43. The number of amides is 2. The number of hydrogen-bond acceptors (Lipinski definition) is 4. The van der Waals surface area contributed by atoms with Gasteiger partial charge in [-0.05, 0) is 80.3 Å². The van der Waals surface area contributed by atoms with Crippen LogP contribution in [0.25, 0.3) is 11.3 Å². The molecule has 0 fully saturated rings. The van der Waals surface area contributed by atoms with E-state index in [9.17, 15) is 9.59 Å². The summed E-state index contributed by atoms with van der Waals surface area (Å²) in [4.78, 5) is 37.2. The zero-order valence-corrected chi connectivity index (χ0v) is 20.0. The van der Waals surface area contributed by atoms with Crippen LogP contribution in [0.15, 0.2) is 72.9 Å². The lowest BCUT2D eigenvalue weighted by molar-refractivity contribution is 0.0986. The van der Waals surface area contributed by atoms with E-state index in [1.165, 1.54) is 0 Å². The first-order valence-electron chi connectivity index (χ1n) is 11.6. The van der Waals surface area contributed by atoms with Gasteiger partial charge in [-0.3, -0.25) is 9.59 Å². The molecule has 0 aliphatic carbocycles. The van der Waals surface area contributed by atoms with E-state index in [0.29, 0.717) is 35.6 Å². The predicted octanol–water partition coefficient (Wildman–Crippen LogP) is 5.52. The van der Waals surface area contributed by atoms with Crippen LogP contribution in [0.1, 0.15) is 43.2 Å². The molecule has 6 nitrogen and oxygen atoms in total. The third kappa shape index (κ3) is 4.30. The Balaban J connectivity index is 1.39. The van der Waals surface area contributed by atoms with Gasteiger partial charge in [-0.15, -0.1) is 0 Å². The summed E-state index contributed by atoms with van der Waals surface area (Å²) < 4.78 is 0. The number of para-hydroxylation sites is 1. The molecule has 0 unspecified atom stereocenters. The summed E-state index contributed by atoms with van der Waals surface area (Å²) in [5.74, 6) is 0.444. The van der Waals surface area contributed by atoms with Gasteiger partial charge in [-0.2, -0.15) is 0 Å². The lowest BCUT2D eigenvalue weighted by Gasteiger charge is -2.23. The topological polar surface area (TPSA) is 75.2 Å². The van der Waals surface area contributed by atoms with Crippen molar-refractivity contribution >= 4 is 23.2 Å². The molecular weight excluding hydrogens is 436 g/mol. The van der Waals surface area contributed by atoms with Crippen LogP contribution < -0.4 is 10.2 Å². The molecular formula is C29H26N4O2. The van der Waals surface area contributed by atoms with Crippen LogP contribution in [0.2, 0.25) is 0 Å². The predicted molar refractivity (Wildman–Crippen MR) is 138 cm³/mol. The second-order valence-electron chi connectivity index (χ2n) is 8.79. The molecule has 1 aromatic heterocycles. The maximum absolute atomic E-state index is 13.6. The number of anilines is 2. The Morgan fingerprint density at radius 3 is 2.49 bits per heavy atom. The molecule has 1 aliphatic rings. The Hall–Kier alpha value is -4.32. The average Bonchev–Trinajstić information content (AvgIpc) is 3.02. The number of nitrogens with zero attached hydrogens (tertiary/aromatic N) is 3. The van der Waals surface area contributed by atoms with E-state index in [2.05, 4.69) is 15.3 Å². The Labute approximate surface area is 204 Å². The van der Waals surface area contributed by atoms with Crippen molar-refractivity contribution in [3.8, 4) is 11.3 Å². The maximum Gasteiger partial charge on any atom is 0.258 e. The van der Waals surface area contributed by atoms with E-state index in [-0.39, 0.29) is 11.8 Å². The summed E-state index contributed by atoms with van der Waals surface area (Å²) in [7, 11) is 0. The average molecular weight is 463 g/mol. The summed E-state index contributed by atoms with van der Waals surface area (Å²) in [5.41, 5.74) is 7.54. The van der Waals surface area contributed by atoms with Crippen LogP contribution >= 0.6 is 0 Å². The molecule has 2 amide bonds. The van der Waals surface area contributed by atoms with Gasteiger partial charge in [0.1, 0.15) is 5.82 Å². The Morgan fingerprint density at radius 1 is 0.914 bits per heavy atom. The fraction of sp³-hybridized carbons (Fsp3) is 0.172. The molecule has 0 saturated heterocycles. The van der Waals surface area contributed by atoms with Crippen LogP contribution in [0, 0.1) is 20.8 Å². The molecule has 174 valence electrons. The quantitative estimate of drug-likeness (QED) is 0.435. The van der Waals surface area contributed by atoms with Gasteiger partial charge in [0.25, 0.3) is 11.8 Å². The second kappa shape index (κ2) is 9.14. The monoisotopic (exact) mass is 462 g/mol. The maximum atomic E-state index is 13.6. The Kier molecular flexibility index (Phi) is 5.87. The number of carbonyl (C=O) groups is 2. The van der Waals surface area contributed by atoms with E-state index < -0.39 is 0 Å². The number of aromatic nitrogens is 2. The molecule has 1 aliphatic heterocycles. The van der Waals surface area contributed by atoms with Crippen LogP contribution in [-0.2, 0) is 6.42 Å². The van der Waals surface area contributed by atoms with Crippen molar-refractivity contribution in [3.63, 3.8) is 0 Å². The van der Waals surface area contributed by atoms with Crippen LogP contribution in [0.3, 0.4) is 0 Å². The Bertz CT molecular complexity index is 1440. The molecule has 35 heavy (non-hydrogen) atoms. The molecule has 0 atom stereocenters. The lowest BCUT2D eigenvalue weighted by atomic mass is 10.0. The van der Waals surface area contributed by atoms with Crippen molar-refractivity contribution in [1.29, 1.82) is 0 Å². The van der Waals surface area contributed by atoms with Gasteiger partial charge < -0.3 is 10.2 Å². The van der Waals surface area contributed by atoms with Gasteiger partial charge in [0.2, 0.25) is 0 Å². The first kappa shape index (κ1) is 22.5. The SMILES string of the molecule is Cc1ncc2c(n1)-c1ccccc1N(C(=O)c1ccc(NC(=O)c3cccc(C)c3C)cc1)CC2. The summed E-state index contributed by atoms with van der Waals surface area (Å²) in [5, 5.41) is 2.94. The molecule has 2 heterocycles. The number of nitrogens with one attached hydrogen (secondary N) is 1. The summed E-state index contributed by atoms with van der Waals surface area (Å²) in [6.07, 6.45) is 2.52. The zero-order valence-electron chi connectivity index (χ0n) is 20.0. The zero-order chi connectivity index (χ0) is 24.5. The molecule has 0 radical (unpaired) electrons. The third-order valence-electron chi connectivity index (χ3n) is 6.52. The van der Waals surface area contributed by atoms with Gasteiger partial charge in [0, 0.05) is 35.1 Å². The van der Waals surface area contributed by atoms with Crippen molar-refractivity contribution < 1.29 is 9.59 Å². The highest BCUT2D eigenvalue weighted by atomic mass is 16.2. The lowest BCUT2D eigenvalue weighted by Crippen LogP contribution is -2.32. The summed E-state index contributed by atoms with van der Waals surface area (Å²) in [6, 6.07) is 20.6. The van der Waals surface area contributed by atoms with E-state index in [1.807, 2.05) is 69.4 Å². The van der Waals surface area contributed by atoms with Crippen molar-refractivity contribution in [3.05, 3.63) is 107 Å². The largest absolute Gasteiger partial charge is 0.322 e. The smallest absolute Gasteiger partial charge is 0.258 e. The number of hydrogen-bond donors (Lipinski definition) is 1. The van der Waals surface area contributed by atoms with Crippen molar-refractivity contribution in [2.24, 2.45) is 0 Å². The standard InChI is InChI=1S/C29H26N4O2/c1-18-7-6-9-24(19(18)2)28(34)32-23-13-11-21(12-14-23)29(35)33-16-15-22-17-30-20(3)31-27(22)25-8-4-5-10-26(25)33/h4-14,17H,15-16H2,1-3H3,(H,32,34). The summed E-state index contributed by atoms with van der Waals surface area (Å²) in [6.45, 7) is 6.33. The Morgan fingerprint density at radius 2 is 1.69 bits per heavy atom. The van der Waals surface area contributed by atoms with Crippen LogP contribution in [0.5, 0.6) is 0 Å². The van der Waals surface area contributed by atoms with Crippen molar-refractivity contribution in [2.45, 2.75) is 27.2 Å². The highest BCUT2D eigenvalue weighted by molar-refractivity contribution is 6.09. The van der Waals surface area contributed by atoms with Gasteiger partial charge in [-0.25, -0.2) is 9.97 Å². The van der Waals surface area contributed by atoms with Crippen molar-refractivity contribution in [2.75, 3.05) is 16.8 Å². The van der Waals surface area contributed by atoms with Gasteiger partial charge in [0.05, 0.1) is 11.4 Å². The number of benzene rings is 3. The first-order valence-corrected chi connectivity index (χ1v) is 11.6. The molecule has 0 spiro atoms. The number of fused-ring (bicyclic) bond motifs is 3. The fourth-order valence-corrected chi connectivity index (χ4v) is 4.43. The number of aryl methyl sites for hydroxylation is 2. The summed E-state index contributed by atoms with van der Waals surface area (Å²) >= 11 is 0. The van der Waals surface area contributed by atoms with Gasteiger partial charge in [-0.1, -0.05) is 30.3 Å². The molecule has 0 saturated carbocycles. The van der Waals surface area contributed by atoms with Gasteiger partial charge >= 0.3 is 0 Å². The molecule has 1 N–H and O–H groups in total. The highest BCUT2D eigenvalue weighted by Gasteiger charge is 2.26. The van der Waals surface area contributed by atoms with Gasteiger partial charge in [0.15, 0.2) is 0 Å². The van der Waals surface area contributed by atoms with Crippen LogP contribution in [0.4, 0.5) is 11.4 Å². The minimum atomic E-state index is -0.166. The number of carbonyl (C=O) groups excluding carboxylic acids is 2. The minimum absolute atomic E-state index is 0.0951. The molecule has 5 rings (SSSR count). The van der Waals surface area contributed by atoms with Crippen molar-refractivity contribution in [1.82, 2.24) is 9.97 Å². The molecule has 6 heteroatoms. The van der Waals surface area contributed by atoms with Crippen LogP contribution in [-0.4, -0.2) is 28.3 Å². The van der Waals surface area contributed by atoms with E-state index >= 15 is 0 Å². The normalized spacial score (nSPS) is 12.4. The molecule has 4 aromatic rings. The number of rotatable bonds is 3. The van der Waals surface area contributed by atoms with E-state index in [4.69, 9.17) is 0 Å². The molecule has 3 aromatic carbocycles.